The van der Waals surface area contributed by atoms with Crippen LogP contribution in [0.25, 0.3) is 10.9 Å². The van der Waals surface area contributed by atoms with E-state index in [0.29, 0.717) is 18.7 Å². The second kappa shape index (κ2) is 6.01. The molecule has 122 valence electrons. The molecule has 1 saturated heterocycles. The Hall–Kier alpha value is -2.80. The van der Waals surface area contributed by atoms with E-state index < -0.39 is 0 Å². The van der Waals surface area contributed by atoms with Crippen molar-refractivity contribution in [2.75, 3.05) is 26.7 Å². The van der Waals surface area contributed by atoms with Gasteiger partial charge in [-0.05, 0) is 19.2 Å². The second-order valence-electron chi connectivity index (χ2n) is 5.97. The number of likely N-dealkylation sites (N-methyl/N-ethyl adjacent to an activating group) is 1. The summed E-state index contributed by atoms with van der Waals surface area (Å²) in [6, 6.07) is 3.66. The minimum atomic E-state index is 0.0139. The van der Waals surface area contributed by atoms with Crippen LogP contribution in [-0.4, -0.2) is 62.3 Å². The Morgan fingerprint density at radius 2 is 2.12 bits per heavy atom. The molecule has 0 saturated carbocycles. The van der Waals surface area contributed by atoms with E-state index in [4.69, 9.17) is 0 Å². The number of rotatable bonds is 2. The van der Waals surface area contributed by atoms with Gasteiger partial charge in [0.2, 0.25) is 0 Å². The van der Waals surface area contributed by atoms with Gasteiger partial charge in [0, 0.05) is 56.0 Å². The highest BCUT2D eigenvalue weighted by Crippen LogP contribution is 2.24. The zero-order valence-corrected chi connectivity index (χ0v) is 13.4. The molecule has 3 aromatic rings. The van der Waals surface area contributed by atoms with Crippen molar-refractivity contribution >= 4 is 16.8 Å². The molecule has 1 aliphatic rings. The van der Waals surface area contributed by atoms with E-state index in [1.165, 1.54) is 0 Å². The zero-order valence-electron chi connectivity index (χ0n) is 13.4. The van der Waals surface area contributed by atoms with Gasteiger partial charge in [0.15, 0.2) is 0 Å². The Balaban J connectivity index is 1.64. The normalized spacial score (nSPS) is 18.9. The van der Waals surface area contributed by atoms with Gasteiger partial charge in [-0.25, -0.2) is 4.98 Å². The van der Waals surface area contributed by atoms with E-state index in [-0.39, 0.29) is 11.9 Å². The summed E-state index contributed by atoms with van der Waals surface area (Å²) < 4.78 is 0. The highest BCUT2D eigenvalue weighted by molar-refractivity contribution is 6.05. The van der Waals surface area contributed by atoms with Gasteiger partial charge >= 0.3 is 0 Å². The van der Waals surface area contributed by atoms with Gasteiger partial charge in [-0.1, -0.05) is 0 Å². The SMILES string of the molecule is CN1CCN(C(=O)c2ccnc3ccncc23)CC1c1ncc[nH]1. The standard InChI is InChI=1S/C17H18N6O/c1-22-8-9-23(11-15(22)16-20-6-7-21-16)17(24)12-2-5-19-14-3-4-18-10-13(12)14/h2-7,10,15H,8-9,11H2,1H3,(H,20,21). The molecule has 4 rings (SSSR count). The molecule has 0 spiro atoms. The number of nitrogens with one attached hydrogen (secondary N) is 1. The lowest BCUT2D eigenvalue weighted by molar-refractivity contribution is 0.0536. The largest absolute Gasteiger partial charge is 0.347 e. The number of aromatic amines is 1. The van der Waals surface area contributed by atoms with E-state index in [1.54, 1.807) is 30.9 Å². The van der Waals surface area contributed by atoms with Crippen molar-refractivity contribution in [1.82, 2.24) is 29.7 Å². The number of carbonyl (C=O) groups excluding carboxylic acids is 1. The minimum Gasteiger partial charge on any atom is -0.347 e. The third kappa shape index (κ3) is 2.52. The maximum atomic E-state index is 13.1. The lowest BCUT2D eigenvalue weighted by Gasteiger charge is -2.38. The first-order valence-electron chi connectivity index (χ1n) is 7.91. The summed E-state index contributed by atoms with van der Waals surface area (Å²) in [7, 11) is 2.06. The third-order valence-electron chi connectivity index (χ3n) is 4.54. The number of pyridine rings is 2. The van der Waals surface area contributed by atoms with Gasteiger partial charge in [-0.15, -0.1) is 0 Å². The fourth-order valence-electron chi connectivity index (χ4n) is 3.16. The summed E-state index contributed by atoms with van der Waals surface area (Å²) >= 11 is 0. The van der Waals surface area contributed by atoms with Crippen LogP contribution in [0.15, 0.2) is 43.1 Å². The first-order chi connectivity index (χ1) is 11.7. The molecule has 1 amide bonds. The average Bonchev–Trinajstić information content (AvgIpc) is 3.15. The number of imidazole rings is 1. The fourth-order valence-corrected chi connectivity index (χ4v) is 3.16. The number of aromatic nitrogens is 4. The summed E-state index contributed by atoms with van der Waals surface area (Å²) in [6.45, 7) is 2.10. The fraction of sp³-hybridized carbons (Fsp3) is 0.294. The van der Waals surface area contributed by atoms with Gasteiger partial charge in [-0.3, -0.25) is 19.7 Å². The Kier molecular flexibility index (Phi) is 3.70. The molecule has 1 N–H and O–H groups in total. The Morgan fingerprint density at radius 1 is 1.21 bits per heavy atom. The molecule has 1 fully saturated rings. The van der Waals surface area contributed by atoms with E-state index in [2.05, 4.69) is 31.9 Å². The summed E-state index contributed by atoms with van der Waals surface area (Å²) in [5.74, 6) is 0.899. The van der Waals surface area contributed by atoms with Crippen LogP contribution in [0.5, 0.6) is 0 Å². The molecule has 24 heavy (non-hydrogen) atoms. The number of fused-ring (bicyclic) bond motifs is 1. The highest BCUT2D eigenvalue weighted by atomic mass is 16.2. The van der Waals surface area contributed by atoms with Crippen molar-refractivity contribution in [2.24, 2.45) is 0 Å². The Labute approximate surface area is 139 Å². The quantitative estimate of drug-likeness (QED) is 0.773. The highest BCUT2D eigenvalue weighted by Gasteiger charge is 2.30. The molecule has 1 aliphatic heterocycles. The van der Waals surface area contributed by atoms with Crippen molar-refractivity contribution < 1.29 is 4.79 Å². The van der Waals surface area contributed by atoms with Crippen LogP contribution < -0.4 is 0 Å². The van der Waals surface area contributed by atoms with Crippen molar-refractivity contribution in [1.29, 1.82) is 0 Å². The van der Waals surface area contributed by atoms with Crippen molar-refractivity contribution in [2.45, 2.75) is 6.04 Å². The van der Waals surface area contributed by atoms with Crippen molar-refractivity contribution in [3.8, 4) is 0 Å². The van der Waals surface area contributed by atoms with Crippen LogP contribution in [0.1, 0.15) is 22.2 Å². The van der Waals surface area contributed by atoms with Gasteiger partial charge < -0.3 is 9.88 Å². The van der Waals surface area contributed by atoms with Gasteiger partial charge in [0.05, 0.1) is 17.1 Å². The van der Waals surface area contributed by atoms with Crippen LogP contribution in [0.4, 0.5) is 0 Å². The smallest absolute Gasteiger partial charge is 0.254 e. The predicted molar refractivity (Wildman–Crippen MR) is 89.4 cm³/mol. The third-order valence-corrected chi connectivity index (χ3v) is 4.54. The first-order valence-corrected chi connectivity index (χ1v) is 7.91. The van der Waals surface area contributed by atoms with Gasteiger partial charge in [0.1, 0.15) is 5.82 Å². The molecule has 7 heteroatoms. The molecule has 1 atom stereocenters. The zero-order chi connectivity index (χ0) is 16.5. The summed E-state index contributed by atoms with van der Waals surface area (Å²) in [6.07, 6.45) is 8.62. The average molecular weight is 322 g/mol. The lowest BCUT2D eigenvalue weighted by Crippen LogP contribution is -2.49. The minimum absolute atomic E-state index is 0.0139. The van der Waals surface area contributed by atoms with Crippen LogP contribution in [0.2, 0.25) is 0 Å². The second-order valence-corrected chi connectivity index (χ2v) is 5.97. The van der Waals surface area contributed by atoms with E-state index >= 15 is 0 Å². The number of piperazine rings is 1. The van der Waals surface area contributed by atoms with E-state index in [0.717, 1.165) is 23.3 Å². The van der Waals surface area contributed by atoms with Crippen LogP contribution >= 0.6 is 0 Å². The van der Waals surface area contributed by atoms with Crippen LogP contribution in [0, 0.1) is 0 Å². The predicted octanol–water partition coefficient (Wildman–Crippen LogP) is 1.48. The molecule has 0 aromatic carbocycles. The number of H-pyrrole nitrogens is 1. The molecule has 0 bridgehead atoms. The molecule has 3 aromatic heterocycles. The summed E-state index contributed by atoms with van der Waals surface area (Å²) in [5, 5.41) is 0.790. The lowest BCUT2D eigenvalue weighted by atomic mass is 10.1. The van der Waals surface area contributed by atoms with E-state index in [9.17, 15) is 4.79 Å². The Morgan fingerprint density at radius 3 is 2.96 bits per heavy atom. The van der Waals surface area contributed by atoms with Gasteiger partial charge in [-0.2, -0.15) is 0 Å². The number of carbonyl (C=O) groups is 1. The molecule has 7 nitrogen and oxygen atoms in total. The van der Waals surface area contributed by atoms with Crippen LogP contribution in [0.3, 0.4) is 0 Å². The Bertz CT molecular complexity index is 857. The molecular weight excluding hydrogens is 304 g/mol. The number of hydrogen-bond acceptors (Lipinski definition) is 5. The maximum Gasteiger partial charge on any atom is 0.254 e. The van der Waals surface area contributed by atoms with Crippen molar-refractivity contribution in [3.05, 3.63) is 54.5 Å². The summed E-state index contributed by atoms with van der Waals surface area (Å²) in [4.78, 5) is 33.1. The molecule has 0 aliphatic carbocycles. The molecule has 1 unspecified atom stereocenters. The molecular formula is C17H18N6O. The van der Waals surface area contributed by atoms with Crippen LogP contribution in [-0.2, 0) is 0 Å². The van der Waals surface area contributed by atoms with Gasteiger partial charge in [0.25, 0.3) is 5.91 Å². The van der Waals surface area contributed by atoms with Crippen molar-refractivity contribution in [3.63, 3.8) is 0 Å². The molecule has 0 radical (unpaired) electrons. The number of amides is 1. The number of hydrogen-bond donors (Lipinski definition) is 1. The number of nitrogens with zero attached hydrogens (tertiary/aromatic N) is 5. The summed E-state index contributed by atoms with van der Waals surface area (Å²) in [5.41, 5.74) is 1.43. The topological polar surface area (TPSA) is 78.0 Å². The maximum absolute atomic E-state index is 13.1. The molecule has 4 heterocycles. The monoisotopic (exact) mass is 322 g/mol. The first kappa shape index (κ1) is 14.8. The van der Waals surface area contributed by atoms with E-state index in [1.807, 2.05) is 17.2 Å².